The normalized spacial score (nSPS) is 16.1. The van der Waals surface area contributed by atoms with Crippen LogP contribution < -0.4 is 0 Å². The van der Waals surface area contributed by atoms with Gasteiger partial charge in [0.15, 0.2) is 0 Å². The van der Waals surface area contributed by atoms with Crippen LogP contribution in [0.25, 0.3) is 0 Å². The molecule has 1 fully saturated rings. The molecule has 1 aliphatic rings. The average molecular weight is 508 g/mol. The molecule has 0 bridgehead atoms. The van der Waals surface area contributed by atoms with Gasteiger partial charge in [0.05, 0.1) is 6.04 Å². The average Bonchev–Trinajstić information content (AvgIpc) is 2.86. The lowest BCUT2D eigenvalue weighted by Crippen LogP contribution is -2.50. The molecule has 1 aliphatic carbocycles. The molecule has 1 saturated carbocycles. The van der Waals surface area contributed by atoms with Crippen LogP contribution in [0.2, 0.25) is 0 Å². The monoisotopic (exact) mass is 507 g/mol. The van der Waals surface area contributed by atoms with Crippen LogP contribution >= 0.6 is 0 Å². The molecule has 0 N–H and O–H groups in total. The van der Waals surface area contributed by atoms with Crippen molar-refractivity contribution in [2.24, 2.45) is 16.8 Å². The highest BCUT2D eigenvalue weighted by Crippen LogP contribution is 2.35. The molecule has 2 atom stereocenters. The fourth-order valence-corrected chi connectivity index (χ4v) is 5.89. The van der Waals surface area contributed by atoms with E-state index < -0.39 is 0 Å². The molecule has 3 heteroatoms. The van der Waals surface area contributed by atoms with Gasteiger partial charge >= 0.3 is 0 Å². The standard InChI is InChI=1S/C34H57N3/c1-9-23-36(8)33(25-27(4)5)26-37(34(28(6)35-7)32-15-12-16-32)24-13-14-30-19-21-31(22-20-30)18-17-29(10-2)11-3/h19-22,25,28-29,32,34H,4,7,9-18,23-24,26H2,1-3,5-6,8H3/b33-25-. The fourth-order valence-electron chi connectivity index (χ4n) is 5.89. The number of aryl methyl sites for hydroxylation is 2. The Morgan fingerprint density at radius 2 is 1.68 bits per heavy atom. The summed E-state index contributed by atoms with van der Waals surface area (Å²) in [6.45, 7) is 22.5. The summed E-state index contributed by atoms with van der Waals surface area (Å²) in [5.74, 6) is 1.60. The van der Waals surface area contributed by atoms with Crippen LogP contribution in [0.5, 0.6) is 0 Å². The highest BCUT2D eigenvalue weighted by Gasteiger charge is 2.35. The van der Waals surface area contributed by atoms with Gasteiger partial charge in [-0.2, -0.15) is 0 Å². The molecule has 1 aromatic carbocycles. The summed E-state index contributed by atoms with van der Waals surface area (Å²) in [6.07, 6.45) is 14.8. The van der Waals surface area contributed by atoms with Crippen molar-refractivity contribution in [2.75, 3.05) is 26.7 Å². The summed E-state index contributed by atoms with van der Waals surface area (Å²) in [6, 6.07) is 10.2. The highest BCUT2D eigenvalue weighted by atomic mass is 15.2. The number of hydrogen-bond donors (Lipinski definition) is 0. The van der Waals surface area contributed by atoms with Crippen molar-refractivity contribution in [3.63, 3.8) is 0 Å². The number of aliphatic imine (C=N–C) groups is 1. The van der Waals surface area contributed by atoms with Crippen molar-refractivity contribution in [3.8, 4) is 0 Å². The van der Waals surface area contributed by atoms with E-state index in [1.807, 2.05) is 0 Å². The lowest BCUT2D eigenvalue weighted by molar-refractivity contribution is 0.0815. The molecule has 0 radical (unpaired) electrons. The second-order valence-corrected chi connectivity index (χ2v) is 11.6. The zero-order chi connectivity index (χ0) is 27.2. The van der Waals surface area contributed by atoms with Crippen molar-refractivity contribution in [3.05, 3.63) is 59.3 Å². The third-order valence-corrected chi connectivity index (χ3v) is 8.59. The molecule has 0 amide bonds. The second-order valence-electron chi connectivity index (χ2n) is 11.6. The van der Waals surface area contributed by atoms with E-state index in [9.17, 15) is 0 Å². The summed E-state index contributed by atoms with van der Waals surface area (Å²) < 4.78 is 0. The molecule has 0 aliphatic heterocycles. The summed E-state index contributed by atoms with van der Waals surface area (Å²) in [5.41, 5.74) is 5.44. The van der Waals surface area contributed by atoms with Crippen molar-refractivity contribution in [1.29, 1.82) is 0 Å². The summed E-state index contributed by atoms with van der Waals surface area (Å²) in [5, 5.41) is 0. The minimum Gasteiger partial charge on any atom is -0.377 e. The molecule has 3 nitrogen and oxygen atoms in total. The van der Waals surface area contributed by atoms with Gasteiger partial charge in [-0.05, 0) is 101 Å². The Morgan fingerprint density at radius 3 is 2.16 bits per heavy atom. The predicted octanol–water partition coefficient (Wildman–Crippen LogP) is 8.35. The van der Waals surface area contributed by atoms with Crippen molar-refractivity contribution in [2.45, 2.75) is 111 Å². The Labute approximate surface area is 230 Å². The molecule has 0 heterocycles. The van der Waals surface area contributed by atoms with E-state index >= 15 is 0 Å². The maximum atomic E-state index is 4.54. The number of nitrogens with zero attached hydrogens (tertiary/aromatic N) is 3. The third-order valence-electron chi connectivity index (χ3n) is 8.59. The largest absolute Gasteiger partial charge is 0.377 e. The lowest BCUT2D eigenvalue weighted by Gasteiger charge is -2.44. The van der Waals surface area contributed by atoms with E-state index in [0.29, 0.717) is 6.04 Å². The van der Waals surface area contributed by atoms with E-state index in [-0.39, 0.29) is 6.04 Å². The van der Waals surface area contributed by atoms with Gasteiger partial charge in [0, 0.05) is 31.9 Å². The summed E-state index contributed by atoms with van der Waals surface area (Å²) >= 11 is 0. The molecule has 2 rings (SSSR count). The number of allylic oxidation sites excluding steroid dienone is 2. The zero-order valence-electron chi connectivity index (χ0n) is 25.1. The number of likely N-dealkylation sites (N-methyl/N-ethyl adjacent to an activating group) is 1. The predicted molar refractivity (Wildman–Crippen MR) is 165 cm³/mol. The van der Waals surface area contributed by atoms with Gasteiger partial charge in [0.25, 0.3) is 0 Å². The summed E-state index contributed by atoms with van der Waals surface area (Å²) in [7, 11) is 2.23. The molecule has 0 spiro atoms. The first-order chi connectivity index (χ1) is 17.8. The van der Waals surface area contributed by atoms with Crippen LogP contribution in [0.1, 0.15) is 97.1 Å². The molecule has 2 unspecified atom stereocenters. The van der Waals surface area contributed by atoms with Gasteiger partial charge in [-0.3, -0.25) is 9.89 Å². The van der Waals surface area contributed by atoms with Crippen molar-refractivity contribution in [1.82, 2.24) is 9.80 Å². The zero-order valence-corrected chi connectivity index (χ0v) is 25.1. The first-order valence-electron chi connectivity index (χ1n) is 15.2. The Bertz CT molecular complexity index is 816. The molecule has 1 aromatic rings. The summed E-state index contributed by atoms with van der Waals surface area (Å²) in [4.78, 5) is 9.69. The van der Waals surface area contributed by atoms with Gasteiger partial charge in [0.1, 0.15) is 0 Å². The van der Waals surface area contributed by atoms with E-state index in [1.54, 1.807) is 0 Å². The van der Waals surface area contributed by atoms with Crippen LogP contribution in [-0.4, -0.2) is 55.3 Å². The molecular formula is C34H57N3. The molecular weight excluding hydrogens is 450 g/mol. The van der Waals surface area contributed by atoms with Crippen LogP contribution in [0, 0.1) is 11.8 Å². The first kappa shape index (κ1) is 31.3. The third kappa shape index (κ3) is 10.4. The van der Waals surface area contributed by atoms with Crippen molar-refractivity contribution >= 4 is 6.72 Å². The Morgan fingerprint density at radius 1 is 1.05 bits per heavy atom. The van der Waals surface area contributed by atoms with Gasteiger partial charge in [0.2, 0.25) is 0 Å². The van der Waals surface area contributed by atoms with Gasteiger partial charge in [-0.25, -0.2) is 0 Å². The minimum atomic E-state index is 0.252. The van der Waals surface area contributed by atoms with Gasteiger partial charge < -0.3 is 4.90 Å². The Hall–Kier alpha value is -1.87. The SMILES string of the molecule is C=NC(C)C(C1CCC1)N(CCCc1ccc(CCC(CC)CC)cc1)C/C(=C/C(=C)C)N(C)CCC. The smallest absolute Gasteiger partial charge is 0.0622 e. The van der Waals surface area contributed by atoms with Gasteiger partial charge in [-0.15, -0.1) is 0 Å². The topological polar surface area (TPSA) is 18.8 Å². The Balaban J connectivity index is 2.10. The minimum absolute atomic E-state index is 0.252. The first-order valence-corrected chi connectivity index (χ1v) is 15.2. The second kappa shape index (κ2) is 16.9. The van der Waals surface area contributed by atoms with Crippen LogP contribution in [0.4, 0.5) is 0 Å². The number of rotatable bonds is 19. The van der Waals surface area contributed by atoms with Crippen molar-refractivity contribution < 1.29 is 0 Å². The Kier molecular flexibility index (Phi) is 14.3. The molecule has 0 aromatic heterocycles. The maximum Gasteiger partial charge on any atom is 0.0622 e. The van der Waals surface area contributed by atoms with Crippen LogP contribution in [-0.2, 0) is 12.8 Å². The maximum absolute atomic E-state index is 4.54. The van der Waals surface area contributed by atoms with E-state index in [2.05, 4.69) is 100 Å². The van der Waals surface area contributed by atoms with E-state index in [1.165, 1.54) is 61.8 Å². The highest BCUT2D eigenvalue weighted by molar-refractivity contribution is 5.25. The van der Waals surface area contributed by atoms with Gasteiger partial charge in [-0.1, -0.05) is 76.5 Å². The van der Waals surface area contributed by atoms with Crippen LogP contribution in [0.15, 0.2) is 53.2 Å². The molecule has 37 heavy (non-hydrogen) atoms. The van der Waals surface area contributed by atoms with E-state index in [0.717, 1.165) is 56.3 Å². The van der Waals surface area contributed by atoms with E-state index in [4.69, 9.17) is 0 Å². The van der Waals surface area contributed by atoms with Crippen LogP contribution in [0.3, 0.4) is 0 Å². The number of benzene rings is 1. The quantitative estimate of drug-likeness (QED) is 0.138. The molecule has 0 saturated heterocycles. The lowest BCUT2D eigenvalue weighted by atomic mass is 9.76. The fraction of sp³-hybridized carbons (Fsp3) is 0.676. The molecule has 208 valence electrons. The number of hydrogen-bond acceptors (Lipinski definition) is 3.